The van der Waals surface area contributed by atoms with Gasteiger partial charge < -0.3 is 10.2 Å². The highest BCUT2D eigenvalue weighted by Crippen LogP contribution is 2.28. The van der Waals surface area contributed by atoms with Crippen LogP contribution in [0.5, 0.6) is 0 Å². The second-order valence-electron chi connectivity index (χ2n) is 7.79. The minimum atomic E-state index is -0.440. The molecule has 0 aromatic rings. The molecule has 2 N–H and O–H groups in total. The Morgan fingerprint density at radius 2 is 0.833 bits per heavy atom. The fraction of sp³-hybridized carbons (Fsp3) is 1.00. The molecule has 0 amide bonds. The maximum Gasteiger partial charge on any atom is 0.0647 e. The van der Waals surface area contributed by atoms with Gasteiger partial charge in [-0.15, -0.1) is 0 Å². The molecule has 0 saturated heterocycles. The van der Waals surface area contributed by atoms with Crippen molar-refractivity contribution in [1.82, 2.24) is 0 Å². The molecule has 0 bridgehead atoms. The number of hydrogen-bond donors (Lipinski definition) is 2. The zero-order valence-electron chi connectivity index (χ0n) is 16.8. The molecular weight excluding hydrogens is 296 g/mol. The van der Waals surface area contributed by atoms with Gasteiger partial charge in [-0.3, -0.25) is 0 Å². The van der Waals surface area contributed by atoms with E-state index in [4.69, 9.17) is 5.11 Å². The van der Waals surface area contributed by atoms with Gasteiger partial charge in [-0.25, -0.2) is 0 Å². The van der Waals surface area contributed by atoms with Crippen molar-refractivity contribution in [2.45, 2.75) is 135 Å². The van der Waals surface area contributed by atoms with Crippen molar-refractivity contribution in [2.24, 2.45) is 0 Å². The van der Waals surface area contributed by atoms with Crippen molar-refractivity contribution in [2.75, 3.05) is 6.61 Å². The predicted octanol–water partition coefficient (Wildman–Crippen LogP) is 6.77. The van der Waals surface area contributed by atoms with Crippen molar-refractivity contribution >= 4 is 0 Å². The molecule has 0 aliphatic heterocycles. The SMILES string of the molecule is CCCCCCCCC(O)(CCCCCO)CCCCCCCC. The summed E-state index contributed by atoms with van der Waals surface area (Å²) in [5.74, 6) is 0. The smallest absolute Gasteiger partial charge is 0.0647 e. The first kappa shape index (κ1) is 23.9. The van der Waals surface area contributed by atoms with Gasteiger partial charge in [0.05, 0.1) is 5.60 Å². The first-order valence-corrected chi connectivity index (χ1v) is 11.0. The number of unbranched alkanes of at least 4 members (excludes halogenated alkanes) is 12. The molecule has 0 unspecified atom stereocenters. The maximum atomic E-state index is 11.1. The summed E-state index contributed by atoms with van der Waals surface area (Å²) in [6.45, 7) is 4.80. The van der Waals surface area contributed by atoms with E-state index in [1.807, 2.05) is 0 Å². The van der Waals surface area contributed by atoms with Crippen LogP contribution >= 0.6 is 0 Å². The van der Waals surface area contributed by atoms with Gasteiger partial charge in [0.15, 0.2) is 0 Å². The molecule has 0 fully saturated rings. The molecule has 0 aliphatic rings. The van der Waals surface area contributed by atoms with E-state index in [-0.39, 0.29) is 6.61 Å². The van der Waals surface area contributed by atoms with Gasteiger partial charge in [0.1, 0.15) is 0 Å². The third kappa shape index (κ3) is 15.4. The quantitative estimate of drug-likeness (QED) is 0.254. The Labute approximate surface area is 152 Å². The van der Waals surface area contributed by atoms with Gasteiger partial charge in [0.25, 0.3) is 0 Å². The zero-order valence-corrected chi connectivity index (χ0v) is 16.8. The fourth-order valence-corrected chi connectivity index (χ4v) is 3.59. The van der Waals surface area contributed by atoms with Crippen LogP contribution in [0.1, 0.15) is 129 Å². The van der Waals surface area contributed by atoms with E-state index < -0.39 is 5.60 Å². The van der Waals surface area contributed by atoms with Gasteiger partial charge in [0, 0.05) is 6.61 Å². The van der Waals surface area contributed by atoms with E-state index in [0.29, 0.717) is 0 Å². The molecule has 0 aromatic heterocycles. The molecule has 0 aromatic carbocycles. The van der Waals surface area contributed by atoms with Crippen molar-refractivity contribution < 1.29 is 10.2 Å². The second-order valence-corrected chi connectivity index (χ2v) is 7.79. The molecule has 0 heterocycles. The Bertz CT molecular complexity index is 224. The monoisotopic (exact) mass is 342 g/mol. The molecule has 146 valence electrons. The number of aliphatic hydroxyl groups is 2. The molecule has 2 heteroatoms. The summed E-state index contributed by atoms with van der Waals surface area (Å²) in [4.78, 5) is 0. The Balaban J connectivity index is 3.98. The summed E-state index contributed by atoms with van der Waals surface area (Å²) in [6.07, 6.45) is 21.4. The van der Waals surface area contributed by atoms with Gasteiger partial charge in [-0.05, 0) is 25.7 Å². The zero-order chi connectivity index (χ0) is 17.9. The van der Waals surface area contributed by atoms with Gasteiger partial charge >= 0.3 is 0 Å². The number of hydrogen-bond acceptors (Lipinski definition) is 2. The van der Waals surface area contributed by atoms with Crippen LogP contribution in [0.2, 0.25) is 0 Å². The van der Waals surface area contributed by atoms with Crippen LogP contribution in [0.4, 0.5) is 0 Å². The largest absolute Gasteiger partial charge is 0.396 e. The molecule has 0 rings (SSSR count). The van der Waals surface area contributed by atoms with E-state index in [9.17, 15) is 5.11 Å². The molecular formula is C22H46O2. The number of rotatable bonds is 19. The molecule has 2 nitrogen and oxygen atoms in total. The van der Waals surface area contributed by atoms with Crippen LogP contribution in [-0.4, -0.2) is 22.4 Å². The summed E-state index contributed by atoms with van der Waals surface area (Å²) < 4.78 is 0. The minimum Gasteiger partial charge on any atom is -0.396 e. The summed E-state index contributed by atoms with van der Waals surface area (Å²) in [5, 5.41) is 20.0. The second kappa shape index (κ2) is 17.7. The molecule has 0 radical (unpaired) electrons. The predicted molar refractivity (Wildman–Crippen MR) is 106 cm³/mol. The highest BCUT2D eigenvalue weighted by atomic mass is 16.3. The van der Waals surface area contributed by atoms with Crippen molar-refractivity contribution in [1.29, 1.82) is 0 Å². The summed E-state index contributed by atoms with van der Waals surface area (Å²) in [5.41, 5.74) is -0.440. The Morgan fingerprint density at radius 3 is 1.21 bits per heavy atom. The lowest BCUT2D eigenvalue weighted by Crippen LogP contribution is -2.28. The van der Waals surface area contributed by atoms with Crippen molar-refractivity contribution in [3.05, 3.63) is 0 Å². The Kier molecular flexibility index (Phi) is 17.7. The van der Waals surface area contributed by atoms with E-state index in [0.717, 1.165) is 38.5 Å². The van der Waals surface area contributed by atoms with E-state index in [1.54, 1.807) is 0 Å². The third-order valence-corrected chi connectivity index (χ3v) is 5.29. The highest BCUT2D eigenvalue weighted by Gasteiger charge is 2.25. The van der Waals surface area contributed by atoms with Crippen LogP contribution in [-0.2, 0) is 0 Å². The maximum absolute atomic E-state index is 11.1. The summed E-state index contributed by atoms with van der Waals surface area (Å²) in [7, 11) is 0. The van der Waals surface area contributed by atoms with E-state index in [1.165, 1.54) is 77.0 Å². The van der Waals surface area contributed by atoms with Crippen molar-refractivity contribution in [3.8, 4) is 0 Å². The lowest BCUT2D eigenvalue weighted by molar-refractivity contribution is 0.00682. The van der Waals surface area contributed by atoms with E-state index >= 15 is 0 Å². The first-order chi connectivity index (χ1) is 11.7. The molecule has 0 saturated carbocycles. The standard InChI is InChI=1S/C22H46O2/c1-3-5-7-9-11-14-18-22(24,20-16-13-17-21-23)19-15-12-10-8-6-4-2/h23-24H,3-21H2,1-2H3. The van der Waals surface area contributed by atoms with Crippen molar-refractivity contribution in [3.63, 3.8) is 0 Å². The van der Waals surface area contributed by atoms with Gasteiger partial charge in [0.2, 0.25) is 0 Å². The van der Waals surface area contributed by atoms with Gasteiger partial charge in [-0.2, -0.15) is 0 Å². The average molecular weight is 343 g/mol. The number of aliphatic hydroxyl groups excluding tert-OH is 1. The Hall–Kier alpha value is -0.0800. The minimum absolute atomic E-state index is 0.285. The van der Waals surface area contributed by atoms with E-state index in [2.05, 4.69) is 13.8 Å². The Morgan fingerprint density at radius 1 is 0.500 bits per heavy atom. The lowest BCUT2D eigenvalue weighted by atomic mass is 9.85. The van der Waals surface area contributed by atoms with Crippen LogP contribution < -0.4 is 0 Å². The molecule has 0 spiro atoms. The van der Waals surface area contributed by atoms with Crippen LogP contribution in [0, 0.1) is 0 Å². The summed E-state index contributed by atoms with van der Waals surface area (Å²) >= 11 is 0. The lowest BCUT2D eigenvalue weighted by Gasteiger charge is -2.28. The molecule has 0 atom stereocenters. The van der Waals surface area contributed by atoms with Crippen LogP contribution in [0.3, 0.4) is 0 Å². The third-order valence-electron chi connectivity index (χ3n) is 5.29. The highest BCUT2D eigenvalue weighted by molar-refractivity contribution is 4.78. The first-order valence-electron chi connectivity index (χ1n) is 11.0. The van der Waals surface area contributed by atoms with Crippen LogP contribution in [0.15, 0.2) is 0 Å². The topological polar surface area (TPSA) is 40.5 Å². The fourth-order valence-electron chi connectivity index (χ4n) is 3.59. The van der Waals surface area contributed by atoms with Crippen LogP contribution in [0.25, 0.3) is 0 Å². The summed E-state index contributed by atoms with van der Waals surface area (Å²) in [6, 6.07) is 0. The van der Waals surface area contributed by atoms with Gasteiger partial charge in [-0.1, -0.05) is 104 Å². The normalized spacial score (nSPS) is 12.0. The molecule has 0 aliphatic carbocycles. The molecule has 24 heavy (non-hydrogen) atoms. The average Bonchev–Trinajstić information content (AvgIpc) is 2.58.